The second-order valence-corrected chi connectivity index (χ2v) is 6.04. The third kappa shape index (κ3) is 4.11. The molecular formula is C19H22N4O3. The first-order chi connectivity index (χ1) is 12.7. The second kappa shape index (κ2) is 8.33. The molecule has 2 heterocycles. The summed E-state index contributed by atoms with van der Waals surface area (Å²) in [4.78, 5) is 29.1. The minimum absolute atomic E-state index is 0.140. The molecule has 0 unspecified atom stereocenters. The van der Waals surface area contributed by atoms with Gasteiger partial charge in [-0.2, -0.15) is 0 Å². The number of anilines is 2. The second-order valence-electron chi connectivity index (χ2n) is 6.04. The number of nitrogens with zero attached hydrogens (tertiary/aromatic N) is 1. The van der Waals surface area contributed by atoms with Crippen LogP contribution in [0.3, 0.4) is 0 Å². The van der Waals surface area contributed by atoms with Gasteiger partial charge in [0.2, 0.25) is 5.91 Å². The summed E-state index contributed by atoms with van der Waals surface area (Å²) in [5.74, 6) is 0.577. The summed E-state index contributed by atoms with van der Waals surface area (Å²) in [6, 6.07) is 10.2. The van der Waals surface area contributed by atoms with Gasteiger partial charge in [0.15, 0.2) is 0 Å². The zero-order chi connectivity index (χ0) is 18.4. The van der Waals surface area contributed by atoms with E-state index in [-0.39, 0.29) is 11.8 Å². The van der Waals surface area contributed by atoms with Crippen LogP contribution >= 0.6 is 0 Å². The normalized spacial score (nSPS) is 17.0. The molecule has 1 aliphatic rings. The number of para-hydroxylation sites is 2. The molecule has 1 aromatic carbocycles. The van der Waals surface area contributed by atoms with Gasteiger partial charge in [-0.1, -0.05) is 12.1 Å². The first-order valence-electron chi connectivity index (χ1n) is 8.62. The number of hydrogen-bond acceptors (Lipinski definition) is 5. The summed E-state index contributed by atoms with van der Waals surface area (Å²) in [6.07, 6.45) is 4.05. The van der Waals surface area contributed by atoms with Gasteiger partial charge in [-0.15, -0.1) is 0 Å². The van der Waals surface area contributed by atoms with Crippen LogP contribution in [0.15, 0.2) is 42.6 Å². The third-order valence-corrected chi connectivity index (χ3v) is 4.25. The molecule has 0 bridgehead atoms. The topological polar surface area (TPSA) is 92.3 Å². The summed E-state index contributed by atoms with van der Waals surface area (Å²) < 4.78 is 5.32. The fourth-order valence-electron chi connectivity index (χ4n) is 2.88. The van der Waals surface area contributed by atoms with Gasteiger partial charge in [0, 0.05) is 12.7 Å². The van der Waals surface area contributed by atoms with E-state index in [1.54, 1.807) is 25.4 Å². The lowest BCUT2D eigenvalue weighted by Gasteiger charge is -2.17. The van der Waals surface area contributed by atoms with E-state index in [9.17, 15) is 9.59 Å². The van der Waals surface area contributed by atoms with Crippen molar-refractivity contribution >= 4 is 23.3 Å². The van der Waals surface area contributed by atoms with E-state index in [1.165, 1.54) is 0 Å². The van der Waals surface area contributed by atoms with Gasteiger partial charge in [-0.25, -0.2) is 4.98 Å². The first kappa shape index (κ1) is 17.7. The number of methoxy groups -OCH3 is 1. The molecule has 3 rings (SSSR count). The van der Waals surface area contributed by atoms with Crippen molar-refractivity contribution in [1.29, 1.82) is 0 Å². The van der Waals surface area contributed by atoms with Crippen molar-refractivity contribution in [3.8, 4) is 5.75 Å². The maximum atomic E-state index is 12.7. The van der Waals surface area contributed by atoms with Crippen molar-refractivity contribution in [3.63, 3.8) is 0 Å². The zero-order valence-corrected chi connectivity index (χ0v) is 14.6. The van der Waals surface area contributed by atoms with E-state index in [1.807, 2.05) is 24.3 Å². The van der Waals surface area contributed by atoms with E-state index in [0.717, 1.165) is 12.8 Å². The lowest BCUT2D eigenvalue weighted by Crippen LogP contribution is -2.45. The molecular weight excluding hydrogens is 332 g/mol. The van der Waals surface area contributed by atoms with Crippen LogP contribution in [-0.2, 0) is 4.79 Å². The number of carbonyl (C=O) groups is 2. The molecule has 136 valence electrons. The molecule has 0 spiro atoms. The lowest BCUT2D eigenvalue weighted by atomic mass is 10.1. The number of hydrogen-bond donors (Lipinski definition) is 3. The van der Waals surface area contributed by atoms with E-state index in [2.05, 4.69) is 20.9 Å². The third-order valence-electron chi connectivity index (χ3n) is 4.25. The highest BCUT2D eigenvalue weighted by Crippen LogP contribution is 2.27. The predicted octanol–water partition coefficient (Wildman–Crippen LogP) is 2.23. The van der Waals surface area contributed by atoms with Crippen LogP contribution in [0.5, 0.6) is 5.75 Å². The van der Waals surface area contributed by atoms with Crippen LogP contribution in [0.2, 0.25) is 0 Å². The molecule has 0 aliphatic carbocycles. The Hall–Kier alpha value is -3.09. The molecule has 0 saturated carbocycles. The summed E-state index contributed by atoms with van der Waals surface area (Å²) >= 11 is 0. The zero-order valence-electron chi connectivity index (χ0n) is 14.6. The number of pyridine rings is 1. The van der Waals surface area contributed by atoms with Crippen LogP contribution in [0, 0.1) is 0 Å². The smallest absolute Gasteiger partial charge is 0.255 e. The number of nitrogens with one attached hydrogen (secondary N) is 3. The standard InChI is InChI=1S/C19H22N4O3/c1-26-16-10-3-2-8-14(16)22-17-13(7-6-12-20-17)18(24)23-15-9-4-5-11-21-19(15)25/h2-3,6-8,10,12,15H,4-5,9,11H2,1H3,(H,20,22)(H,21,25)(H,23,24)/t15-/m1/s1. The summed E-state index contributed by atoms with van der Waals surface area (Å²) in [7, 11) is 1.58. The molecule has 1 aliphatic heterocycles. The van der Waals surface area contributed by atoms with Crippen molar-refractivity contribution in [2.75, 3.05) is 19.0 Å². The van der Waals surface area contributed by atoms with Crippen molar-refractivity contribution in [1.82, 2.24) is 15.6 Å². The van der Waals surface area contributed by atoms with Crippen LogP contribution < -0.4 is 20.7 Å². The van der Waals surface area contributed by atoms with Crippen LogP contribution in [-0.4, -0.2) is 36.5 Å². The molecule has 1 aromatic heterocycles. The fourth-order valence-corrected chi connectivity index (χ4v) is 2.88. The fraction of sp³-hybridized carbons (Fsp3) is 0.316. The highest BCUT2D eigenvalue weighted by Gasteiger charge is 2.24. The molecule has 26 heavy (non-hydrogen) atoms. The van der Waals surface area contributed by atoms with Gasteiger partial charge in [0.25, 0.3) is 5.91 Å². The van der Waals surface area contributed by atoms with Crippen LogP contribution in [0.1, 0.15) is 29.6 Å². The molecule has 2 aromatic rings. The number of amides is 2. The molecule has 2 amide bonds. The number of benzene rings is 1. The average molecular weight is 354 g/mol. The van der Waals surface area contributed by atoms with E-state index >= 15 is 0 Å². The van der Waals surface area contributed by atoms with Gasteiger partial charge < -0.3 is 20.7 Å². The van der Waals surface area contributed by atoms with Crippen molar-refractivity contribution < 1.29 is 14.3 Å². The van der Waals surface area contributed by atoms with Gasteiger partial charge in [-0.05, 0) is 43.5 Å². The Kier molecular flexibility index (Phi) is 5.68. The molecule has 1 atom stereocenters. The van der Waals surface area contributed by atoms with Crippen molar-refractivity contribution in [3.05, 3.63) is 48.2 Å². The highest BCUT2D eigenvalue weighted by molar-refractivity contribution is 6.01. The Bertz CT molecular complexity index is 794. The van der Waals surface area contributed by atoms with Crippen LogP contribution in [0.25, 0.3) is 0 Å². The minimum atomic E-state index is -0.524. The SMILES string of the molecule is COc1ccccc1Nc1ncccc1C(=O)N[C@@H]1CCCCNC1=O. The first-order valence-corrected chi connectivity index (χ1v) is 8.62. The number of rotatable bonds is 5. The lowest BCUT2D eigenvalue weighted by molar-refractivity contribution is -0.122. The molecule has 1 fully saturated rings. The maximum Gasteiger partial charge on any atom is 0.255 e. The molecule has 7 nitrogen and oxygen atoms in total. The minimum Gasteiger partial charge on any atom is -0.495 e. The molecule has 3 N–H and O–H groups in total. The Morgan fingerprint density at radius 3 is 2.92 bits per heavy atom. The average Bonchev–Trinajstić information content (AvgIpc) is 2.87. The highest BCUT2D eigenvalue weighted by atomic mass is 16.5. The van der Waals surface area contributed by atoms with Crippen LogP contribution in [0.4, 0.5) is 11.5 Å². The predicted molar refractivity (Wildman–Crippen MR) is 98.6 cm³/mol. The van der Waals surface area contributed by atoms with Gasteiger partial charge >= 0.3 is 0 Å². The number of ether oxygens (including phenoxy) is 1. The summed E-state index contributed by atoms with van der Waals surface area (Å²) in [5.41, 5.74) is 1.07. The quantitative estimate of drug-likeness (QED) is 0.766. The van der Waals surface area contributed by atoms with E-state index in [4.69, 9.17) is 4.74 Å². The molecule has 0 radical (unpaired) electrons. The monoisotopic (exact) mass is 354 g/mol. The number of aromatic nitrogens is 1. The molecule has 7 heteroatoms. The maximum absolute atomic E-state index is 12.7. The Labute approximate surface area is 152 Å². The van der Waals surface area contributed by atoms with E-state index in [0.29, 0.717) is 35.8 Å². The van der Waals surface area contributed by atoms with E-state index < -0.39 is 6.04 Å². The van der Waals surface area contributed by atoms with Gasteiger partial charge in [0.05, 0.1) is 18.4 Å². The largest absolute Gasteiger partial charge is 0.495 e. The Balaban J connectivity index is 1.80. The van der Waals surface area contributed by atoms with Gasteiger partial charge in [0.1, 0.15) is 17.6 Å². The Morgan fingerprint density at radius 1 is 1.23 bits per heavy atom. The molecule has 1 saturated heterocycles. The van der Waals surface area contributed by atoms with Crippen molar-refractivity contribution in [2.45, 2.75) is 25.3 Å². The Morgan fingerprint density at radius 2 is 2.08 bits per heavy atom. The summed E-state index contributed by atoms with van der Waals surface area (Å²) in [6.45, 7) is 0.651. The summed E-state index contributed by atoms with van der Waals surface area (Å²) in [5, 5.41) is 8.77. The number of carbonyl (C=O) groups excluding carboxylic acids is 2. The van der Waals surface area contributed by atoms with Crippen molar-refractivity contribution in [2.24, 2.45) is 0 Å². The van der Waals surface area contributed by atoms with Gasteiger partial charge in [-0.3, -0.25) is 9.59 Å².